The van der Waals surface area contributed by atoms with Crippen LogP contribution in [0.1, 0.15) is 21.5 Å². The van der Waals surface area contributed by atoms with Gasteiger partial charge in [-0.25, -0.2) is 5.43 Å². The minimum absolute atomic E-state index is 0.136. The highest BCUT2D eigenvalue weighted by molar-refractivity contribution is 6.30. The van der Waals surface area contributed by atoms with E-state index in [4.69, 9.17) is 11.6 Å². The number of hydrogen-bond donors (Lipinski definition) is 2. The lowest BCUT2D eigenvalue weighted by Crippen LogP contribution is -2.35. The molecular formula is C17H15ClN4O4. The van der Waals surface area contributed by atoms with Gasteiger partial charge in [0.15, 0.2) is 0 Å². The van der Waals surface area contributed by atoms with E-state index in [9.17, 15) is 19.7 Å². The summed E-state index contributed by atoms with van der Waals surface area (Å²) in [6.07, 6.45) is 1.43. The lowest BCUT2D eigenvalue weighted by Gasteiger charge is -2.07. The number of hydrogen-bond acceptors (Lipinski definition) is 5. The fraction of sp³-hybridized carbons (Fsp3) is 0.118. The molecule has 2 N–H and O–H groups in total. The largest absolute Gasteiger partial charge is 0.343 e. The SMILES string of the molecule is Cc1c(C(=O)NCC(=O)N/N=C/c2ccc(Cl)cc2)cccc1[N+](=O)[O-]. The average Bonchev–Trinajstić information content (AvgIpc) is 2.61. The summed E-state index contributed by atoms with van der Waals surface area (Å²) in [5, 5.41) is 17.7. The van der Waals surface area contributed by atoms with Crippen molar-refractivity contribution in [3.05, 3.63) is 74.3 Å². The van der Waals surface area contributed by atoms with Gasteiger partial charge in [0.1, 0.15) is 0 Å². The first-order valence-corrected chi connectivity index (χ1v) is 7.86. The molecule has 0 aromatic heterocycles. The van der Waals surface area contributed by atoms with Crippen LogP contribution < -0.4 is 10.7 Å². The fourth-order valence-corrected chi connectivity index (χ4v) is 2.22. The van der Waals surface area contributed by atoms with Crippen LogP contribution in [0.2, 0.25) is 5.02 Å². The number of nitrogens with zero attached hydrogens (tertiary/aromatic N) is 2. The molecule has 0 aliphatic rings. The molecule has 2 aromatic carbocycles. The molecule has 134 valence electrons. The summed E-state index contributed by atoms with van der Waals surface area (Å²) in [4.78, 5) is 34.2. The van der Waals surface area contributed by atoms with E-state index in [0.717, 1.165) is 5.56 Å². The molecule has 0 bridgehead atoms. The molecule has 0 heterocycles. The molecule has 8 nitrogen and oxygen atoms in total. The molecule has 0 saturated heterocycles. The Kier molecular flexibility index (Phi) is 6.40. The van der Waals surface area contributed by atoms with Gasteiger partial charge < -0.3 is 5.32 Å². The van der Waals surface area contributed by atoms with Crippen LogP contribution in [-0.2, 0) is 4.79 Å². The van der Waals surface area contributed by atoms with E-state index in [-0.39, 0.29) is 23.4 Å². The molecule has 0 aliphatic heterocycles. The lowest BCUT2D eigenvalue weighted by molar-refractivity contribution is -0.385. The summed E-state index contributed by atoms with van der Waals surface area (Å²) in [7, 11) is 0. The molecule has 0 saturated carbocycles. The number of nitro groups is 1. The zero-order valence-electron chi connectivity index (χ0n) is 13.7. The number of carbonyl (C=O) groups is 2. The first-order valence-electron chi connectivity index (χ1n) is 7.48. The second kappa shape index (κ2) is 8.72. The number of halogens is 1. The second-order valence-corrected chi connectivity index (χ2v) is 5.67. The van der Waals surface area contributed by atoms with Gasteiger partial charge in [0.2, 0.25) is 0 Å². The van der Waals surface area contributed by atoms with Gasteiger partial charge in [0.05, 0.1) is 17.7 Å². The van der Waals surface area contributed by atoms with Crippen LogP contribution >= 0.6 is 11.6 Å². The third-order valence-electron chi connectivity index (χ3n) is 3.43. The Bertz CT molecular complexity index is 866. The molecule has 0 aliphatic carbocycles. The molecule has 26 heavy (non-hydrogen) atoms. The third-order valence-corrected chi connectivity index (χ3v) is 3.68. The van der Waals surface area contributed by atoms with Gasteiger partial charge in [-0.2, -0.15) is 5.10 Å². The third kappa shape index (κ3) is 5.12. The lowest BCUT2D eigenvalue weighted by atomic mass is 10.1. The van der Waals surface area contributed by atoms with Crippen LogP contribution in [0.3, 0.4) is 0 Å². The van der Waals surface area contributed by atoms with Crippen LogP contribution in [-0.4, -0.2) is 29.5 Å². The quantitative estimate of drug-likeness (QED) is 0.459. The van der Waals surface area contributed by atoms with Crippen molar-refractivity contribution in [3.8, 4) is 0 Å². The van der Waals surface area contributed by atoms with Crippen molar-refractivity contribution in [2.45, 2.75) is 6.92 Å². The summed E-state index contributed by atoms with van der Waals surface area (Å²) in [5.74, 6) is -1.12. The minimum Gasteiger partial charge on any atom is -0.343 e. The van der Waals surface area contributed by atoms with Gasteiger partial charge in [-0.15, -0.1) is 0 Å². The first-order chi connectivity index (χ1) is 12.4. The Hall–Kier alpha value is -3.26. The monoisotopic (exact) mass is 374 g/mol. The Morgan fingerprint density at radius 3 is 2.58 bits per heavy atom. The van der Waals surface area contributed by atoms with Crippen molar-refractivity contribution >= 4 is 35.3 Å². The summed E-state index contributed by atoms with van der Waals surface area (Å²) in [6, 6.07) is 11.0. The van der Waals surface area contributed by atoms with E-state index in [1.54, 1.807) is 24.3 Å². The van der Waals surface area contributed by atoms with Gasteiger partial charge in [-0.1, -0.05) is 29.8 Å². The second-order valence-electron chi connectivity index (χ2n) is 5.23. The predicted molar refractivity (Wildman–Crippen MR) is 97.4 cm³/mol. The summed E-state index contributed by atoms with van der Waals surface area (Å²) < 4.78 is 0. The minimum atomic E-state index is -0.581. The van der Waals surface area contributed by atoms with E-state index < -0.39 is 16.7 Å². The first kappa shape index (κ1) is 19.1. The van der Waals surface area contributed by atoms with Gasteiger partial charge >= 0.3 is 0 Å². The molecule has 9 heteroatoms. The van der Waals surface area contributed by atoms with Crippen LogP contribution in [0.5, 0.6) is 0 Å². The Morgan fingerprint density at radius 1 is 1.23 bits per heavy atom. The molecule has 0 fully saturated rings. The van der Waals surface area contributed by atoms with Gasteiger partial charge in [0, 0.05) is 22.2 Å². The maximum absolute atomic E-state index is 12.1. The maximum atomic E-state index is 12.1. The van der Waals surface area contributed by atoms with E-state index in [1.165, 1.54) is 31.3 Å². The van der Waals surface area contributed by atoms with Crippen LogP contribution in [0.4, 0.5) is 5.69 Å². The molecule has 0 spiro atoms. The van der Waals surface area contributed by atoms with Crippen molar-refractivity contribution < 1.29 is 14.5 Å². The van der Waals surface area contributed by atoms with E-state index in [1.807, 2.05) is 0 Å². The molecule has 0 radical (unpaired) electrons. The van der Waals surface area contributed by atoms with E-state index in [2.05, 4.69) is 15.8 Å². The predicted octanol–water partition coefficient (Wildman–Crippen LogP) is 2.44. The molecule has 2 rings (SSSR count). The number of rotatable bonds is 6. The Balaban J connectivity index is 1.89. The number of benzene rings is 2. The number of nitro benzene ring substituents is 1. The Morgan fingerprint density at radius 2 is 1.92 bits per heavy atom. The van der Waals surface area contributed by atoms with Crippen molar-refractivity contribution in [2.75, 3.05) is 6.54 Å². The van der Waals surface area contributed by atoms with Crippen molar-refractivity contribution in [2.24, 2.45) is 5.10 Å². The zero-order chi connectivity index (χ0) is 19.1. The highest BCUT2D eigenvalue weighted by atomic mass is 35.5. The Labute approximate surface area is 154 Å². The molecule has 2 amide bonds. The van der Waals surface area contributed by atoms with Crippen molar-refractivity contribution in [3.63, 3.8) is 0 Å². The van der Waals surface area contributed by atoms with Crippen molar-refractivity contribution in [1.82, 2.24) is 10.7 Å². The molecular weight excluding hydrogens is 360 g/mol. The van der Waals surface area contributed by atoms with E-state index in [0.29, 0.717) is 5.02 Å². The summed E-state index contributed by atoms with van der Waals surface area (Å²) in [6.45, 7) is 1.16. The van der Waals surface area contributed by atoms with E-state index >= 15 is 0 Å². The normalized spacial score (nSPS) is 10.5. The average molecular weight is 375 g/mol. The molecule has 0 atom stereocenters. The van der Waals surface area contributed by atoms with Gasteiger partial charge in [-0.05, 0) is 30.7 Å². The van der Waals surface area contributed by atoms with Crippen molar-refractivity contribution in [1.29, 1.82) is 0 Å². The highest BCUT2D eigenvalue weighted by Gasteiger charge is 2.18. The standard InChI is InChI=1S/C17H15ClN4O4/c1-11-14(3-2-4-15(11)22(25)26)17(24)19-10-16(23)21-20-9-12-5-7-13(18)8-6-12/h2-9H,10H2,1H3,(H,19,24)(H,21,23)/b20-9+. The summed E-state index contributed by atoms with van der Waals surface area (Å²) >= 11 is 5.76. The molecule has 2 aromatic rings. The van der Waals surface area contributed by atoms with Gasteiger partial charge in [-0.3, -0.25) is 19.7 Å². The number of nitrogens with one attached hydrogen (secondary N) is 2. The van der Waals surface area contributed by atoms with Crippen LogP contribution in [0.25, 0.3) is 0 Å². The van der Waals surface area contributed by atoms with Crippen LogP contribution in [0.15, 0.2) is 47.6 Å². The number of carbonyl (C=O) groups excluding carboxylic acids is 2. The highest BCUT2D eigenvalue weighted by Crippen LogP contribution is 2.20. The zero-order valence-corrected chi connectivity index (χ0v) is 14.5. The van der Waals surface area contributed by atoms with Crippen LogP contribution in [0, 0.1) is 17.0 Å². The number of amides is 2. The molecule has 0 unspecified atom stereocenters. The smallest absolute Gasteiger partial charge is 0.273 e. The number of hydrazone groups is 1. The summed E-state index contributed by atoms with van der Waals surface area (Å²) in [5.41, 5.74) is 3.22. The maximum Gasteiger partial charge on any atom is 0.273 e. The fourth-order valence-electron chi connectivity index (χ4n) is 2.09. The topological polar surface area (TPSA) is 114 Å². The van der Waals surface area contributed by atoms with Gasteiger partial charge in [0.25, 0.3) is 17.5 Å².